The highest BCUT2D eigenvalue weighted by molar-refractivity contribution is 6.05. The van der Waals surface area contributed by atoms with E-state index in [0.29, 0.717) is 16.9 Å². The van der Waals surface area contributed by atoms with Crippen LogP contribution in [0.15, 0.2) is 60.9 Å². The number of hydrogen-bond acceptors (Lipinski definition) is 3. The van der Waals surface area contributed by atoms with Crippen LogP contribution >= 0.6 is 0 Å². The van der Waals surface area contributed by atoms with Gasteiger partial charge in [-0.2, -0.15) is 0 Å². The van der Waals surface area contributed by atoms with Gasteiger partial charge < -0.3 is 10.6 Å². The number of anilines is 3. The number of halogens is 1. The van der Waals surface area contributed by atoms with Gasteiger partial charge in [0.1, 0.15) is 5.82 Å². The molecule has 1 heterocycles. The molecule has 0 unspecified atom stereocenters. The normalized spacial score (nSPS) is 10.4. The molecule has 3 aromatic rings. The SMILES string of the molecule is CCc1cccc(C)c1NC(=O)c1cncc(Nc2cccc(F)c2)c1. The third-order valence-electron chi connectivity index (χ3n) is 4.09. The minimum Gasteiger partial charge on any atom is -0.354 e. The number of rotatable bonds is 5. The van der Waals surface area contributed by atoms with Gasteiger partial charge >= 0.3 is 0 Å². The molecule has 1 aromatic heterocycles. The van der Waals surface area contributed by atoms with E-state index in [0.717, 1.165) is 23.2 Å². The Labute approximate surface area is 152 Å². The van der Waals surface area contributed by atoms with Gasteiger partial charge in [0.25, 0.3) is 5.91 Å². The molecule has 0 aliphatic carbocycles. The molecular weight excluding hydrogens is 329 g/mol. The fourth-order valence-corrected chi connectivity index (χ4v) is 2.75. The van der Waals surface area contributed by atoms with Crippen molar-refractivity contribution in [1.29, 1.82) is 0 Å². The fraction of sp³-hybridized carbons (Fsp3) is 0.143. The van der Waals surface area contributed by atoms with Crippen molar-refractivity contribution in [3.8, 4) is 0 Å². The van der Waals surface area contributed by atoms with Crippen LogP contribution in [0, 0.1) is 12.7 Å². The predicted octanol–water partition coefficient (Wildman–Crippen LogP) is 5.09. The molecule has 5 heteroatoms. The molecule has 26 heavy (non-hydrogen) atoms. The third-order valence-corrected chi connectivity index (χ3v) is 4.09. The van der Waals surface area contributed by atoms with E-state index in [2.05, 4.69) is 22.5 Å². The molecule has 0 saturated heterocycles. The molecule has 0 bridgehead atoms. The van der Waals surface area contributed by atoms with Gasteiger partial charge in [-0.1, -0.05) is 31.2 Å². The van der Waals surface area contributed by atoms with Gasteiger partial charge in [0.2, 0.25) is 0 Å². The highest BCUT2D eigenvalue weighted by Crippen LogP contribution is 2.23. The summed E-state index contributed by atoms with van der Waals surface area (Å²) in [5.41, 5.74) is 4.57. The predicted molar refractivity (Wildman–Crippen MR) is 102 cm³/mol. The first kappa shape index (κ1) is 17.6. The van der Waals surface area contributed by atoms with E-state index in [9.17, 15) is 9.18 Å². The van der Waals surface area contributed by atoms with E-state index in [1.807, 2.05) is 25.1 Å². The summed E-state index contributed by atoms with van der Waals surface area (Å²) in [6.45, 7) is 4.02. The molecule has 0 aliphatic heterocycles. The number of nitrogens with one attached hydrogen (secondary N) is 2. The molecule has 132 valence electrons. The van der Waals surface area contributed by atoms with Crippen LogP contribution < -0.4 is 10.6 Å². The molecule has 0 saturated carbocycles. The summed E-state index contributed by atoms with van der Waals surface area (Å²) in [6.07, 6.45) is 3.93. The van der Waals surface area contributed by atoms with Crippen molar-refractivity contribution in [2.24, 2.45) is 0 Å². The number of aryl methyl sites for hydroxylation is 2. The lowest BCUT2D eigenvalue weighted by molar-refractivity contribution is 0.102. The van der Waals surface area contributed by atoms with E-state index >= 15 is 0 Å². The van der Waals surface area contributed by atoms with Crippen LogP contribution in [-0.2, 0) is 6.42 Å². The van der Waals surface area contributed by atoms with E-state index in [1.165, 1.54) is 18.3 Å². The Balaban J connectivity index is 1.81. The quantitative estimate of drug-likeness (QED) is 0.675. The van der Waals surface area contributed by atoms with E-state index < -0.39 is 0 Å². The molecule has 0 atom stereocenters. The van der Waals surface area contributed by atoms with Gasteiger partial charge in [-0.15, -0.1) is 0 Å². The Morgan fingerprint density at radius 3 is 2.65 bits per heavy atom. The number of benzene rings is 2. The summed E-state index contributed by atoms with van der Waals surface area (Å²) in [5.74, 6) is -0.562. The van der Waals surface area contributed by atoms with Crippen LogP contribution in [0.2, 0.25) is 0 Å². The smallest absolute Gasteiger partial charge is 0.257 e. The zero-order chi connectivity index (χ0) is 18.5. The highest BCUT2D eigenvalue weighted by atomic mass is 19.1. The first-order valence-corrected chi connectivity index (χ1v) is 8.44. The van der Waals surface area contributed by atoms with Gasteiger partial charge in [0, 0.05) is 17.6 Å². The molecule has 4 nitrogen and oxygen atoms in total. The molecule has 0 fully saturated rings. The van der Waals surface area contributed by atoms with Crippen molar-refractivity contribution >= 4 is 23.0 Å². The zero-order valence-corrected chi connectivity index (χ0v) is 14.7. The minimum absolute atomic E-state index is 0.232. The van der Waals surface area contributed by atoms with Crippen LogP contribution in [-0.4, -0.2) is 10.9 Å². The Kier molecular flexibility index (Phi) is 5.27. The topological polar surface area (TPSA) is 54.0 Å². The number of amides is 1. The van der Waals surface area contributed by atoms with E-state index in [-0.39, 0.29) is 11.7 Å². The average molecular weight is 349 g/mol. The number of carbonyl (C=O) groups excluding carboxylic acids is 1. The number of hydrogen-bond donors (Lipinski definition) is 2. The lowest BCUT2D eigenvalue weighted by Crippen LogP contribution is -2.14. The molecule has 2 N–H and O–H groups in total. The summed E-state index contributed by atoms with van der Waals surface area (Å²) in [6, 6.07) is 13.8. The van der Waals surface area contributed by atoms with Crippen LogP contribution in [0.4, 0.5) is 21.5 Å². The van der Waals surface area contributed by atoms with Crippen molar-refractivity contribution in [2.45, 2.75) is 20.3 Å². The van der Waals surface area contributed by atoms with Crippen LogP contribution in [0.3, 0.4) is 0 Å². The molecule has 0 spiro atoms. The second-order valence-corrected chi connectivity index (χ2v) is 6.01. The molecule has 0 aliphatic rings. The number of pyridine rings is 1. The monoisotopic (exact) mass is 349 g/mol. The number of aromatic nitrogens is 1. The number of para-hydroxylation sites is 1. The van der Waals surface area contributed by atoms with Gasteiger partial charge in [-0.3, -0.25) is 9.78 Å². The summed E-state index contributed by atoms with van der Waals surface area (Å²) >= 11 is 0. The maximum absolute atomic E-state index is 13.3. The molecular formula is C21H20FN3O. The van der Waals surface area contributed by atoms with Crippen molar-refractivity contribution < 1.29 is 9.18 Å². The van der Waals surface area contributed by atoms with Gasteiger partial charge in [0.05, 0.1) is 17.4 Å². The summed E-state index contributed by atoms with van der Waals surface area (Å²) in [7, 11) is 0. The van der Waals surface area contributed by atoms with Gasteiger partial charge in [-0.25, -0.2) is 4.39 Å². The first-order chi connectivity index (χ1) is 12.6. The van der Waals surface area contributed by atoms with Crippen molar-refractivity contribution in [2.75, 3.05) is 10.6 Å². The molecule has 2 aromatic carbocycles. The number of carbonyl (C=O) groups is 1. The van der Waals surface area contributed by atoms with Crippen molar-refractivity contribution in [1.82, 2.24) is 4.98 Å². The largest absolute Gasteiger partial charge is 0.354 e. The molecule has 1 amide bonds. The Morgan fingerprint density at radius 2 is 1.88 bits per heavy atom. The van der Waals surface area contributed by atoms with Crippen molar-refractivity contribution in [3.63, 3.8) is 0 Å². The Bertz CT molecular complexity index is 940. The third kappa shape index (κ3) is 4.06. The second kappa shape index (κ2) is 7.78. The van der Waals surface area contributed by atoms with Crippen LogP contribution in [0.5, 0.6) is 0 Å². The second-order valence-electron chi connectivity index (χ2n) is 6.01. The van der Waals surface area contributed by atoms with Crippen molar-refractivity contribution in [3.05, 3.63) is 83.4 Å². The maximum atomic E-state index is 13.3. The van der Waals surface area contributed by atoms with Crippen LogP contribution in [0.1, 0.15) is 28.4 Å². The Morgan fingerprint density at radius 1 is 1.08 bits per heavy atom. The molecule has 3 rings (SSSR count). The Hall–Kier alpha value is -3.21. The molecule has 0 radical (unpaired) electrons. The van der Waals surface area contributed by atoms with Gasteiger partial charge in [0.15, 0.2) is 0 Å². The van der Waals surface area contributed by atoms with Gasteiger partial charge in [-0.05, 0) is 48.7 Å². The average Bonchev–Trinajstić information content (AvgIpc) is 2.63. The summed E-state index contributed by atoms with van der Waals surface area (Å²) in [5, 5.41) is 6.03. The minimum atomic E-state index is -0.330. The standard InChI is InChI=1S/C21H20FN3O/c1-3-15-7-4-6-14(2)20(15)25-21(26)16-10-19(13-23-12-16)24-18-9-5-8-17(22)11-18/h4-13,24H,3H2,1-2H3,(H,25,26). The van der Waals surface area contributed by atoms with E-state index in [4.69, 9.17) is 0 Å². The summed E-state index contributed by atoms with van der Waals surface area (Å²) < 4.78 is 13.3. The number of nitrogens with zero attached hydrogens (tertiary/aromatic N) is 1. The summed E-state index contributed by atoms with van der Waals surface area (Å²) in [4.78, 5) is 16.8. The van der Waals surface area contributed by atoms with Crippen LogP contribution in [0.25, 0.3) is 0 Å². The lowest BCUT2D eigenvalue weighted by Gasteiger charge is -2.13. The van der Waals surface area contributed by atoms with E-state index in [1.54, 1.807) is 24.4 Å². The highest BCUT2D eigenvalue weighted by Gasteiger charge is 2.12. The fourth-order valence-electron chi connectivity index (χ4n) is 2.75. The zero-order valence-electron chi connectivity index (χ0n) is 14.7. The maximum Gasteiger partial charge on any atom is 0.257 e. The first-order valence-electron chi connectivity index (χ1n) is 8.44. The lowest BCUT2D eigenvalue weighted by atomic mass is 10.1.